The van der Waals surface area contributed by atoms with Crippen LogP contribution in [-0.2, 0) is 14.3 Å². The number of ether oxygens (including phenoxy) is 2. The molecule has 1 N–H and O–H groups in total. The van der Waals surface area contributed by atoms with Gasteiger partial charge in [-0.2, -0.15) is 0 Å². The highest BCUT2D eigenvalue weighted by molar-refractivity contribution is 5.72. The third-order valence-electron chi connectivity index (χ3n) is 4.88. The normalized spacial score (nSPS) is 14.7. The molecule has 0 bridgehead atoms. The van der Waals surface area contributed by atoms with Crippen LogP contribution in [-0.4, -0.2) is 35.3 Å². The summed E-state index contributed by atoms with van der Waals surface area (Å²) >= 11 is 0. The summed E-state index contributed by atoms with van der Waals surface area (Å²) < 4.78 is 22.5. The third kappa shape index (κ3) is 16.7. The number of amides is 1. The molecule has 1 amide bonds. The largest absolute Gasteiger partial charge is 0.460 e. The fraction of sp³-hybridized carbons (Fsp3) is 0.406. The number of hydrogen-bond acceptors (Lipinski definition) is 5. The van der Waals surface area contributed by atoms with Gasteiger partial charge < -0.3 is 14.8 Å². The van der Waals surface area contributed by atoms with Crippen molar-refractivity contribution in [2.24, 2.45) is 0 Å². The molecule has 1 fully saturated rings. The SMILES string of the molecule is C=C/C(C)=C(F)\C=C/C.CC.CC(C)(C)OC(=O)NC[C@@H]1CCC(=O)O1.Cc1ccc(-c2cccnc2)cc1. The van der Waals surface area contributed by atoms with E-state index in [0.29, 0.717) is 25.0 Å². The van der Waals surface area contributed by atoms with E-state index in [0.717, 1.165) is 0 Å². The molecular weight excluding hydrogens is 495 g/mol. The first-order chi connectivity index (χ1) is 18.4. The number of alkyl carbamates (subject to hydrolysis) is 1. The van der Waals surface area contributed by atoms with Crippen LogP contribution in [0.25, 0.3) is 11.1 Å². The second-order valence-corrected chi connectivity index (χ2v) is 9.38. The minimum Gasteiger partial charge on any atom is -0.460 e. The minimum atomic E-state index is -0.504. The highest BCUT2D eigenvalue weighted by Gasteiger charge is 2.24. The van der Waals surface area contributed by atoms with Crippen LogP contribution in [0.1, 0.15) is 66.9 Å². The van der Waals surface area contributed by atoms with Gasteiger partial charge in [0, 0.05) is 18.8 Å². The van der Waals surface area contributed by atoms with Crippen LogP contribution >= 0.6 is 0 Å². The highest BCUT2D eigenvalue weighted by atomic mass is 19.1. The number of cyclic esters (lactones) is 1. The average Bonchev–Trinajstić information content (AvgIpc) is 3.34. The predicted octanol–water partition coefficient (Wildman–Crippen LogP) is 8.29. The van der Waals surface area contributed by atoms with E-state index in [1.807, 2.05) is 26.1 Å². The van der Waals surface area contributed by atoms with Crippen LogP contribution in [0, 0.1) is 6.92 Å². The topological polar surface area (TPSA) is 77.5 Å². The molecule has 39 heavy (non-hydrogen) atoms. The van der Waals surface area contributed by atoms with Crippen LogP contribution in [0.3, 0.4) is 0 Å². The van der Waals surface area contributed by atoms with Crippen molar-refractivity contribution in [2.75, 3.05) is 6.54 Å². The van der Waals surface area contributed by atoms with Crippen LogP contribution < -0.4 is 5.32 Å². The molecule has 1 aliphatic rings. The first-order valence-corrected chi connectivity index (χ1v) is 13.2. The molecule has 7 heteroatoms. The van der Waals surface area contributed by atoms with Crippen molar-refractivity contribution in [1.82, 2.24) is 10.3 Å². The van der Waals surface area contributed by atoms with Gasteiger partial charge in [-0.15, -0.1) is 0 Å². The number of allylic oxidation sites excluding steroid dienone is 5. The Kier molecular flexibility index (Phi) is 17.5. The number of nitrogens with zero attached hydrogens (tertiary/aromatic N) is 1. The molecule has 1 aromatic heterocycles. The lowest BCUT2D eigenvalue weighted by molar-refractivity contribution is -0.141. The summed E-state index contributed by atoms with van der Waals surface area (Å²) in [7, 11) is 0. The van der Waals surface area contributed by atoms with Gasteiger partial charge in [0.15, 0.2) is 0 Å². The number of hydrogen-bond donors (Lipinski definition) is 1. The average molecular weight is 541 g/mol. The number of rotatable bonds is 5. The van der Waals surface area contributed by atoms with E-state index in [2.05, 4.69) is 54.1 Å². The molecule has 0 unspecified atom stereocenters. The van der Waals surface area contributed by atoms with Crippen molar-refractivity contribution >= 4 is 12.1 Å². The minimum absolute atomic E-state index is 0.203. The molecule has 1 aromatic carbocycles. The van der Waals surface area contributed by atoms with E-state index < -0.39 is 11.7 Å². The third-order valence-corrected chi connectivity index (χ3v) is 4.88. The summed E-state index contributed by atoms with van der Waals surface area (Å²) in [4.78, 5) is 26.1. The molecule has 2 heterocycles. The second kappa shape index (κ2) is 19.3. The molecule has 3 rings (SSSR count). The molecule has 0 aliphatic carbocycles. The van der Waals surface area contributed by atoms with E-state index in [-0.39, 0.29) is 17.9 Å². The summed E-state index contributed by atoms with van der Waals surface area (Å²) in [5.74, 6) is -0.418. The Bertz CT molecular complexity index is 1060. The number of halogens is 1. The zero-order valence-electron chi connectivity index (χ0n) is 24.7. The van der Waals surface area contributed by atoms with Crippen molar-refractivity contribution < 1.29 is 23.5 Å². The Balaban J connectivity index is 0.000000554. The number of esters is 1. The second-order valence-electron chi connectivity index (χ2n) is 9.38. The van der Waals surface area contributed by atoms with E-state index in [9.17, 15) is 14.0 Å². The predicted molar refractivity (Wildman–Crippen MR) is 158 cm³/mol. The van der Waals surface area contributed by atoms with E-state index >= 15 is 0 Å². The van der Waals surface area contributed by atoms with Gasteiger partial charge in [0.2, 0.25) is 0 Å². The van der Waals surface area contributed by atoms with Gasteiger partial charge in [-0.3, -0.25) is 9.78 Å². The maximum atomic E-state index is 12.5. The van der Waals surface area contributed by atoms with Crippen molar-refractivity contribution in [3.8, 4) is 11.1 Å². The lowest BCUT2D eigenvalue weighted by Gasteiger charge is -2.20. The lowest BCUT2D eigenvalue weighted by Crippen LogP contribution is -2.36. The van der Waals surface area contributed by atoms with Crippen LogP contribution in [0.4, 0.5) is 9.18 Å². The van der Waals surface area contributed by atoms with Gasteiger partial charge in [-0.1, -0.05) is 68.5 Å². The number of benzene rings is 1. The van der Waals surface area contributed by atoms with Crippen molar-refractivity contribution in [2.45, 2.75) is 79.9 Å². The zero-order valence-corrected chi connectivity index (χ0v) is 24.7. The number of aromatic nitrogens is 1. The summed E-state index contributed by atoms with van der Waals surface area (Å²) in [6, 6.07) is 12.5. The van der Waals surface area contributed by atoms with Gasteiger partial charge in [0.05, 0.1) is 6.54 Å². The van der Waals surface area contributed by atoms with Crippen molar-refractivity contribution in [1.29, 1.82) is 0 Å². The fourth-order valence-corrected chi connectivity index (χ4v) is 2.89. The molecule has 1 saturated heterocycles. The smallest absolute Gasteiger partial charge is 0.407 e. The number of pyridine rings is 1. The number of nitrogens with one attached hydrogen (secondary N) is 1. The van der Waals surface area contributed by atoms with Crippen molar-refractivity contribution in [3.63, 3.8) is 0 Å². The monoisotopic (exact) mass is 540 g/mol. The molecule has 2 aromatic rings. The van der Waals surface area contributed by atoms with Crippen LogP contribution in [0.2, 0.25) is 0 Å². The summed E-state index contributed by atoms with van der Waals surface area (Å²) in [5, 5.41) is 2.56. The summed E-state index contributed by atoms with van der Waals surface area (Å²) in [6.45, 7) is 18.7. The molecule has 1 aliphatic heterocycles. The van der Waals surface area contributed by atoms with Gasteiger partial charge in [-0.05, 0) is 76.8 Å². The van der Waals surface area contributed by atoms with E-state index in [1.54, 1.807) is 46.9 Å². The number of carbonyl (C=O) groups is 2. The molecule has 0 spiro atoms. The van der Waals surface area contributed by atoms with Crippen LogP contribution in [0.15, 0.2) is 85.0 Å². The van der Waals surface area contributed by atoms with Gasteiger partial charge in [0.25, 0.3) is 0 Å². The molecule has 0 saturated carbocycles. The van der Waals surface area contributed by atoms with Gasteiger partial charge in [-0.25, -0.2) is 9.18 Å². The van der Waals surface area contributed by atoms with E-state index in [4.69, 9.17) is 9.47 Å². The van der Waals surface area contributed by atoms with E-state index in [1.165, 1.54) is 28.8 Å². The van der Waals surface area contributed by atoms with Crippen molar-refractivity contribution in [3.05, 3.63) is 90.6 Å². The molecule has 0 radical (unpaired) electrons. The Morgan fingerprint density at radius 2 is 1.85 bits per heavy atom. The van der Waals surface area contributed by atoms with Gasteiger partial charge in [0.1, 0.15) is 17.5 Å². The maximum absolute atomic E-state index is 12.5. The fourth-order valence-electron chi connectivity index (χ4n) is 2.89. The Hall–Kier alpha value is -3.74. The first-order valence-electron chi connectivity index (χ1n) is 13.2. The first kappa shape index (κ1) is 35.3. The van der Waals surface area contributed by atoms with Crippen LogP contribution in [0.5, 0.6) is 0 Å². The Labute approximate surface area is 234 Å². The Morgan fingerprint density at radius 1 is 1.21 bits per heavy atom. The molecular formula is C32H45FN2O4. The summed E-state index contributed by atoms with van der Waals surface area (Å²) in [6.07, 6.45) is 8.64. The molecule has 214 valence electrons. The quantitative estimate of drug-likeness (QED) is 0.305. The molecule has 1 atom stereocenters. The highest BCUT2D eigenvalue weighted by Crippen LogP contribution is 2.17. The Morgan fingerprint density at radius 3 is 2.31 bits per heavy atom. The molecule has 6 nitrogen and oxygen atoms in total. The number of carbonyl (C=O) groups excluding carboxylic acids is 2. The summed E-state index contributed by atoms with van der Waals surface area (Å²) in [5.41, 5.74) is 3.75. The van der Waals surface area contributed by atoms with Gasteiger partial charge >= 0.3 is 12.1 Å². The standard InChI is InChI=1S/C12H11N.C10H17NO4.C8H11F.C2H6/c1-10-4-6-11(7-5-10)12-3-2-8-13-9-12;1-10(2,3)15-9(13)11-6-7-4-5-8(12)14-7;1-4-6-8(9)7(3)5-2;1-2/h2-9H,1H3;7H,4-6H2,1-3H3,(H,11,13);4-6H,2H2,1,3H3;1-2H3/b;;6-4-,8-7+;/t;7-;;/m.0../s1. The number of aryl methyl sites for hydroxylation is 1. The lowest BCUT2D eigenvalue weighted by atomic mass is 10.1. The zero-order chi connectivity index (χ0) is 29.8. The maximum Gasteiger partial charge on any atom is 0.407 e.